The van der Waals surface area contributed by atoms with Gasteiger partial charge in [0.15, 0.2) is 0 Å². The molecule has 0 aliphatic heterocycles. The Morgan fingerprint density at radius 2 is 1.90 bits per heavy atom. The third kappa shape index (κ3) is 3.82. The number of nitrogens with zero attached hydrogens (tertiary/aromatic N) is 1. The van der Waals surface area contributed by atoms with Crippen LogP contribution in [0.15, 0.2) is 42.7 Å². The molecule has 2 aromatic rings. The van der Waals surface area contributed by atoms with Gasteiger partial charge < -0.3 is 0 Å². The highest BCUT2D eigenvalue weighted by Gasteiger charge is 2.14. The third-order valence-electron chi connectivity index (χ3n) is 3.25. The molecule has 1 heterocycles. The van der Waals surface area contributed by atoms with Crippen LogP contribution < -0.4 is 11.3 Å². The SMILES string of the molecule is NNC(CCc1cccnc1)Cc1c(F)cccc1F. The van der Waals surface area contributed by atoms with Crippen LogP contribution >= 0.6 is 0 Å². The van der Waals surface area contributed by atoms with Gasteiger partial charge in [0.05, 0.1) is 0 Å². The summed E-state index contributed by atoms with van der Waals surface area (Å²) in [7, 11) is 0. The Morgan fingerprint density at radius 3 is 2.50 bits per heavy atom. The van der Waals surface area contributed by atoms with Gasteiger partial charge in [-0.2, -0.15) is 0 Å². The van der Waals surface area contributed by atoms with Crippen molar-refractivity contribution in [1.82, 2.24) is 10.4 Å². The number of halogens is 2. The van der Waals surface area contributed by atoms with E-state index in [9.17, 15) is 8.78 Å². The van der Waals surface area contributed by atoms with Gasteiger partial charge in [-0.05, 0) is 43.0 Å². The topological polar surface area (TPSA) is 50.9 Å². The number of hydrazine groups is 1. The van der Waals surface area contributed by atoms with Gasteiger partial charge in [0, 0.05) is 24.0 Å². The van der Waals surface area contributed by atoms with Crippen LogP contribution in [0.1, 0.15) is 17.5 Å². The van der Waals surface area contributed by atoms with E-state index in [1.807, 2.05) is 12.1 Å². The van der Waals surface area contributed by atoms with Gasteiger partial charge in [-0.3, -0.25) is 16.3 Å². The number of aromatic nitrogens is 1. The number of rotatable bonds is 6. The van der Waals surface area contributed by atoms with Crippen molar-refractivity contribution < 1.29 is 8.78 Å². The molecule has 0 fully saturated rings. The molecule has 1 aromatic heterocycles. The summed E-state index contributed by atoms with van der Waals surface area (Å²) in [6.07, 6.45) is 5.12. The van der Waals surface area contributed by atoms with Crippen molar-refractivity contribution in [3.05, 3.63) is 65.5 Å². The second-order valence-electron chi connectivity index (χ2n) is 4.67. The van der Waals surface area contributed by atoms with Crippen molar-refractivity contribution in [2.45, 2.75) is 25.3 Å². The van der Waals surface area contributed by atoms with E-state index in [0.29, 0.717) is 6.42 Å². The van der Waals surface area contributed by atoms with E-state index < -0.39 is 11.6 Å². The number of nitrogens with two attached hydrogens (primary N) is 1. The molecule has 0 radical (unpaired) electrons. The highest BCUT2D eigenvalue weighted by Crippen LogP contribution is 2.16. The van der Waals surface area contributed by atoms with Crippen molar-refractivity contribution in [1.29, 1.82) is 0 Å². The lowest BCUT2D eigenvalue weighted by atomic mass is 9.99. The van der Waals surface area contributed by atoms with Gasteiger partial charge in [-0.1, -0.05) is 12.1 Å². The minimum atomic E-state index is -0.536. The van der Waals surface area contributed by atoms with E-state index in [4.69, 9.17) is 5.84 Å². The van der Waals surface area contributed by atoms with Crippen molar-refractivity contribution in [2.75, 3.05) is 0 Å². The molecule has 0 saturated carbocycles. The second kappa shape index (κ2) is 7.07. The highest BCUT2D eigenvalue weighted by atomic mass is 19.1. The molecule has 0 bridgehead atoms. The summed E-state index contributed by atoms with van der Waals surface area (Å²) in [5, 5.41) is 0. The summed E-state index contributed by atoms with van der Waals surface area (Å²) in [6, 6.07) is 7.50. The first-order chi connectivity index (χ1) is 9.70. The van der Waals surface area contributed by atoms with Gasteiger partial charge >= 0.3 is 0 Å². The van der Waals surface area contributed by atoms with Gasteiger partial charge in [-0.15, -0.1) is 0 Å². The first-order valence-electron chi connectivity index (χ1n) is 6.48. The molecular weight excluding hydrogens is 260 g/mol. The van der Waals surface area contributed by atoms with Crippen molar-refractivity contribution in [3.8, 4) is 0 Å². The Kier molecular flexibility index (Phi) is 5.15. The molecule has 3 N–H and O–H groups in total. The zero-order valence-corrected chi connectivity index (χ0v) is 11.0. The molecule has 0 spiro atoms. The molecule has 1 unspecified atom stereocenters. The summed E-state index contributed by atoms with van der Waals surface area (Å²) in [4.78, 5) is 4.03. The normalized spacial score (nSPS) is 12.3. The lowest BCUT2D eigenvalue weighted by molar-refractivity contribution is 0.464. The second-order valence-corrected chi connectivity index (χ2v) is 4.67. The van der Waals surface area contributed by atoms with E-state index in [1.165, 1.54) is 18.2 Å². The van der Waals surface area contributed by atoms with Crippen LogP contribution in [0.3, 0.4) is 0 Å². The molecule has 2 rings (SSSR count). The van der Waals surface area contributed by atoms with E-state index in [1.54, 1.807) is 12.4 Å². The van der Waals surface area contributed by atoms with Crippen LogP contribution in [0.2, 0.25) is 0 Å². The zero-order valence-electron chi connectivity index (χ0n) is 11.0. The fourth-order valence-corrected chi connectivity index (χ4v) is 2.10. The molecule has 0 aliphatic rings. The average Bonchev–Trinajstić information content (AvgIpc) is 2.47. The predicted octanol–water partition coefficient (Wildman–Crippen LogP) is 2.37. The molecule has 0 amide bonds. The summed E-state index contributed by atoms with van der Waals surface area (Å²) in [5.74, 6) is 4.40. The summed E-state index contributed by atoms with van der Waals surface area (Å²) in [5.41, 5.74) is 3.76. The fourth-order valence-electron chi connectivity index (χ4n) is 2.10. The minimum Gasteiger partial charge on any atom is -0.271 e. The van der Waals surface area contributed by atoms with Gasteiger partial charge in [0.1, 0.15) is 11.6 Å². The van der Waals surface area contributed by atoms with E-state index in [-0.39, 0.29) is 18.0 Å². The van der Waals surface area contributed by atoms with E-state index in [2.05, 4.69) is 10.4 Å². The molecule has 5 heteroatoms. The van der Waals surface area contributed by atoms with Crippen LogP contribution in [0.4, 0.5) is 8.78 Å². The summed E-state index contributed by atoms with van der Waals surface area (Å²) < 4.78 is 27.2. The first-order valence-corrected chi connectivity index (χ1v) is 6.48. The number of benzene rings is 1. The van der Waals surface area contributed by atoms with Crippen molar-refractivity contribution in [2.24, 2.45) is 5.84 Å². The maximum atomic E-state index is 13.6. The monoisotopic (exact) mass is 277 g/mol. The number of hydrogen-bond acceptors (Lipinski definition) is 3. The van der Waals surface area contributed by atoms with E-state index >= 15 is 0 Å². The largest absolute Gasteiger partial charge is 0.271 e. The quantitative estimate of drug-likeness (QED) is 0.629. The Balaban J connectivity index is 1.99. The fraction of sp³-hybridized carbons (Fsp3) is 0.267. The van der Waals surface area contributed by atoms with Gasteiger partial charge in [-0.25, -0.2) is 8.78 Å². The van der Waals surface area contributed by atoms with Gasteiger partial charge in [0.25, 0.3) is 0 Å². The summed E-state index contributed by atoms with van der Waals surface area (Å²) >= 11 is 0. The Labute approximate surface area is 116 Å². The minimum absolute atomic E-state index is 0.0710. The van der Waals surface area contributed by atoms with Crippen LogP contribution in [-0.2, 0) is 12.8 Å². The Hall–Kier alpha value is -1.85. The highest BCUT2D eigenvalue weighted by molar-refractivity contribution is 5.21. The third-order valence-corrected chi connectivity index (χ3v) is 3.25. The lowest BCUT2D eigenvalue weighted by Gasteiger charge is -2.16. The number of aryl methyl sites for hydroxylation is 1. The maximum Gasteiger partial charge on any atom is 0.129 e. The zero-order chi connectivity index (χ0) is 14.4. The summed E-state index contributed by atoms with van der Waals surface area (Å²) in [6.45, 7) is 0. The molecular formula is C15H17F2N3. The Morgan fingerprint density at radius 1 is 1.15 bits per heavy atom. The van der Waals surface area contributed by atoms with Crippen LogP contribution in [0.5, 0.6) is 0 Å². The molecule has 106 valence electrons. The molecule has 1 aromatic carbocycles. The number of nitrogens with one attached hydrogen (secondary N) is 1. The molecule has 0 saturated heterocycles. The van der Waals surface area contributed by atoms with Gasteiger partial charge in [0.2, 0.25) is 0 Å². The molecule has 3 nitrogen and oxygen atoms in total. The first kappa shape index (κ1) is 14.6. The molecule has 20 heavy (non-hydrogen) atoms. The number of pyridine rings is 1. The van der Waals surface area contributed by atoms with Crippen LogP contribution in [0.25, 0.3) is 0 Å². The predicted molar refractivity (Wildman–Crippen MR) is 73.7 cm³/mol. The van der Waals surface area contributed by atoms with Crippen molar-refractivity contribution in [3.63, 3.8) is 0 Å². The molecule has 1 atom stereocenters. The smallest absolute Gasteiger partial charge is 0.129 e. The molecule has 0 aliphatic carbocycles. The van der Waals surface area contributed by atoms with Crippen molar-refractivity contribution >= 4 is 0 Å². The average molecular weight is 277 g/mol. The lowest BCUT2D eigenvalue weighted by Crippen LogP contribution is -2.37. The maximum absolute atomic E-state index is 13.6. The van der Waals surface area contributed by atoms with Crippen LogP contribution in [-0.4, -0.2) is 11.0 Å². The Bertz CT molecular complexity index is 526. The number of hydrogen-bond donors (Lipinski definition) is 2. The van der Waals surface area contributed by atoms with E-state index in [0.717, 1.165) is 12.0 Å². The standard InChI is InChI=1S/C15H17F2N3/c16-14-4-1-5-15(17)13(14)9-12(20-18)7-6-11-3-2-8-19-10-11/h1-5,8,10,12,20H,6-7,9,18H2. The van der Waals surface area contributed by atoms with Crippen LogP contribution in [0, 0.1) is 11.6 Å².